The number of benzene rings is 2. The fraction of sp³-hybridized carbons (Fsp3) is 0.417. The molecule has 0 saturated heterocycles. The van der Waals surface area contributed by atoms with Gasteiger partial charge in [-0.3, -0.25) is 4.79 Å². The highest BCUT2D eigenvalue weighted by Crippen LogP contribution is 2.29. The van der Waals surface area contributed by atoms with Gasteiger partial charge in [0.2, 0.25) is 5.91 Å². The van der Waals surface area contributed by atoms with Gasteiger partial charge in [-0.25, -0.2) is 4.79 Å². The lowest BCUT2D eigenvalue weighted by Crippen LogP contribution is -2.47. The molecule has 4 N–H and O–H groups in total. The third kappa shape index (κ3) is 5.99. The van der Waals surface area contributed by atoms with Crippen LogP contribution in [0.5, 0.6) is 5.75 Å². The number of rotatable bonds is 6. The number of anilines is 2. The molecule has 3 rings (SSSR count). The van der Waals surface area contributed by atoms with E-state index < -0.39 is 0 Å². The zero-order valence-corrected chi connectivity index (χ0v) is 18.8. The fourth-order valence-corrected chi connectivity index (χ4v) is 3.77. The molecule has 2 aromatic carbocycles. The Bertz CT molecular complexity index is 921. The van der Waals surface area contributed by atoms with Gasteiger partial charge in [0.05, 0.1) is 19.1 Å². The summed E-state index contributed by atoms with van der Waals surface area (Å²) in [7, 11) is 1.86. The molecule has 3 atom stereocenters. The normalized spacial score (nSPS) is 19.6. The number of aliphatic hydroxyl groups excluding tert-OH is 1. The number of urea groups is 1. The number of ether oxygens (including phenoxy) is 1. The maximum atomic E-state index is 13.1. The van der Waals surface area contributed by atoms with Crippen LogP contribution in [0, 0.1) is 5.92 Å². The first-order chi connectivity index (χ1) is 15.4. The van der Waals surface area contributed by atoms with E-state index in [4.69, 9.17) is 4.74 Å². The second kappa shape index (κ2) is 11.0. The SMILES string of the molecule is CNC[C@H]1Oc2ccc(NC(=O)Nc3ccccc3)cc2CC(=O)N([C@H](C)CO)C[C@H]1C. The van der Waals surface area contributed by atoms with E-state index in [0.717, 1.165) is 0 Å². The molecule has 0 spiro atoms. The molecular weight excluding hydrogens is 408 g/mol. The van der Waals surface area contributed by atoms with E-state index in [0.29, 0.717) is 35.8 Å². The van der Waals surface area contributed by atoms with Crippen LogP contribution < -0.4 is 20.7 Å². The monoisotopic (exact) mass is 440 g/mol. The van der Waals surface area contributed by atoms with Crippen molar-refractivity contribution < 1.29 is 19.4 Å². The number of aliphatic hydroxyl groups is 1. The summed E-state index contributed by atoms with van der Waals surface area (Å²) >= 11 is 0. The molecule has 1 aliphatic heterocycles. The number of hydrogen-bond acceptors (Lipinski definition) is 5. The fourth-order valence-electron chi connectivity index (χ4n) is 3.77. The van der Waals surface area contributed by atoms with Crippen LogP contribution in [0.1, 0.15) is 19.4 Å². The van der Waals surface area contributed by atoms with E-state index in [1.807, 2.05) is 39.1 Å². The van der Waals surface area contributed by atoms with Crippen LogP contribution in [0.15, 0.2) is 48.5 Å². The molecule has 0 saturated carbocycles. The summed E-state index contributed by atoms with van der Waals surface area (Å²) in [6, 6.07) is 13.8. The lowest BCUT2D eigenvalue weighted by atomic mass is 10.0. The summed E-state index contributed by atoms with van der Waals surface area (Å²) < 4.78 is 6.30. The van der Waals surface area contributed by atoms with Crippen molar-refractivity contribution in [1.29, 1.82) is 0 Å². The molecule has 0 fully saturated rings. The number of amides is 3. The highest BCUT2D eigenvalue weighted by Gasteiger charge is 2.30. The smallest absolute Gasteiger partial charge is 0.323 e. The lowest BCUT2D eigenvalue weighted by Gasteiger charge is -2.32. The average molecular weight is 441 g/mol. The number of likely N-dealkylation sites (N-methyl/N-ethyl adjacent to an activating group) is 1. The summed E-state index contributed by atoms with van der Waals surface area (Å²) in [4.78, 5) is 27.2. The molecule has 1 heterocycles. The predicted molar refractivity (Wildman–Crippen MR) is 125 cm³/mol. The Morgan fingerprint density at radius 1 is 1.19 bits per heavy atom. The van der Waals surface area contributed by atoms with Crippen molar-refractivity contribution in [2.75, 3.05) is 37.4 Å². The standard InChI is InChI=1S/C24H32N4O4/c1-16-14-28(17(2)15-29)23(30)12-18-11-20(9-10-21(18)32-22(16)13-25-3)27-24(31)26-19-7-5-4-6-8-19/h4-11,16-17,22,25,29H,12-15H2,1-3H3,(H2,26,27,31)/t16-,17-,22-/m1/s1. The number of nitrogens with zero attached hydrogens (tertiary/aromatic N) is 1. The highest BCUT2D eigenvalue weighted by molar-refractivity contribution is 5.99. The van der Waals surface area contributed by atoms with Crippen LogP contribution in [-0.4, -0.2) is 60.8 Å². The molecule has 0 unspecified atom stereocenters. The number of carbonyl (C=O) groups excluding carboxylic acids is 2. The predicted octanol–water partition coefficient (Wildman–Crippen LogP) is 2.70. The van der Waals surface area contributed by atoms with Gasteiger partial charge in [0, 0.05) is 35.9 Å². The Labute approximate surface area is 189 Å². The van der Waals surface area contributed by atoms with Crippen LogP contribution in [-0.2, 0) is 11.2 Å². The molecular formula is C24H32N4O4. The topological polar surface area (TPSA) is 103 Å². The number of para-hydroxylation sites is 1. The van der Waals surface area contributed by atoms with Crippen molar-refractivity contribution >= 4 is 23.3 Å². The van der Waals surface area contributed by atoms with Gasteiger partial charge in [-0.05, 0) is 44.3 Å². The largest absolute Gasteiger partial charge is 0.488 e. The Kier molecular flexibility index (Phi) is 8.08. The molecule has 0 aromatic heterocycles. The maximum absolute atomic E-state index is 13.1. The summed E-state index contributed by atoms with van der Waals surface area (Å²) in [5.41, 5.74) is 1.94. The van der Waals surface area contributed by atoms with Crippen molar-refractivity contribution in [3.05, 3.63) is 54.1 Å². The van der Waals surface area contributed by atoms with E-state index >= 15 is 0 Å². The minimum atomic E-state index is -0.372. The van der Waals surface area contributed by atoms with E-state index in [1.165, 1.54) is 0 Å². The summed E-state index contributed by atoms with van der Waals surface area (Å²) in [5.74, 6) is 0.595. The summed E-state index contributed by atoms with van der Waals surface area (Å²) in [5, 5.41) is 18.4. The Morgan fingerprint density at radius 3 is 2.59 bits per heavy atom. The Hall–Kier alpha value is -3.10. The molecule has 172 valence electrons. The van der Waals surface area contributed by atoms with E-state index in [2.05, 4.69) is 16.0 Å². The zero-order chi connectivity index (χ0) is 23.1. The second-order valence-electron chi connectivity index (χ2n) is 8.21. The molecule has 32 heavy (non-hydrogen) atoms. The van der Waals surface area contributed by atoms with Crippen LogP contribution in [0.25, 0.3) is 0 Å². The number of hydrogen-bond donors (Lipinski definition) is 4. The lowest BCUT2D eigenvalue weighted by molar-refractivity contribution is -0.134. The Morgan fingerprint density at radius 2 is 1.91 bits per heavy atom. The van der Waals surface area contributed by atoms with Crippen molar-refractivity contribution in [3.63, 3.8) is 0 Å². The number of fused-ring (bicyclic) bond motifs is 1. The molecule has 2 aromatic rings. The van der Waals surface area contributed by atoms with Crippen molar-refractivity contribution in [2.24, 2.45) is 5.92 Å². The third-order valence-corrected chi connectivity index (χ3v) is 5.61. The van der Waals surface area contributed by atoms with Crippen LogP contribution >= 0.6 is 0 Å². The van der Waals surface area contributed by atoms with Gasteiger partial charge >= 0.3 is 6.03 Å². The molecule has 8 heteroatoms. The molecule has 3 amide bonds. The molecule has 8 nitrogen and oxygen atoms in total. The van der Waals surface area contributed by atoms with Gasteiger partial charge in [0.25, 0.3) is 0 Å². The van der Waals surface area contributed by atoms with Gasteiger partial charge < -0.3 is 30.7 Å². The third-order valence-electron chi connectivity index (χ3n) is 5.61. The Balaban J connectivity index is 1.85. The van der Waals surface area contributed by atoms with E-state index in [-0.39, 0.29) is 43.0 Å². The van der Waals surface area contributed by atoms with Gasteiger partial charge in [-0.2, -0.15) is 0 Å². The van der Waals surface area contributed by atoms with Crippen LogP contribution in [0.2, 0.25) is 0 Å². The average Bonchev–Trinajstić information content (AvgIpc) is 2.82. The number of nitrogens with one attached hydrogen (secondary N) is 3. The van der Waals surface area contributed by atoms with Crippen molar-refractivity contribution in [2.45, 2.75) is 32.4 Å². The zero-order valence-electron chi connectivity index (χ0n) is 18.8. The van der Waals surface area contributed by atoms with Gasteiger partial charge in [0.1, 0.15) is 11.9 Å². The van der Waals surface area contributed by atoms with E-state index in [1.54, 1.807) is 35.2 Å². The van der Waals surface area contributed by atoms with E-state index in [9.17, 15) is 14.7 Å². The second-order valence-corrected chi connectivity index (χ2v) is 8.21. The molecule has 1 aliphatic rings. The van der Waals surface area contributed by atoms with Crippen LogP contribution in [0.4, 0.5) is 16.2 Å². The quantitative estimate of drug-likeness (QED) is 0.553. The minimum absolute atomic E-state index is 0.0563. The van der Waals surface area contributed by atoms with Gasteiger partial charge in [-0.15, -0.1) is 0 Å². The first-order valence-corrected chi connectivity index (χ1v) is 10.9. The summed E-state index contributed by atoms with van der Waals surface area (Å²) in [6.45, 7) is 4.88. The van der Waals surface area contributed by atoms with Crippen molar-refractivity contribution in [3.8, 4) is 5.75 Å². The maximum Gasteiger partial charge on any atom is 0.323 e. The molecule has 0 aliphatic carbocycles. The number of carbonyl (C=O) groups is 2. The first kappa shape index (κ1) is 23.6. The summed E-state index contributed by atoms with van der Waals surface area (Å²) in [6.07, 6.45) is -0.0349. The van der Waals surface area contributed by atoms with Gasteiger partial charge in [0.15, 0.2) is 0 Å². The van der Waals surface area contributed by atoms with Gasteiger partial charge in [-0.1, -0.05) is 25.1 Å². The molecule has 0 bridgehead atoms. The highest BCUT2D eigenvalue weighted by atomic mass is 16.5. The van der Waals surface area contributed by atoms with Crippen molar-refractivity contribution in [1.82, 2.24) is 10.2 Å². The molecule has 0 radical (unpaired) electrons. The minimum Gasteiger partial charge on any atom is -0.488 e. The first-order valence-electron chi connectivity index (χ1n) is 10.9. The van der Waals surface area contributed by atoms with Crippen LogP contribution in [0.3, 0.4) is 0 Å².